The van der Waals surface area contributed by atoms with Gasteiger partial charge in [0, 0.05) is 49.2 Å². The summed E-state index contributed by atoms with van der Waals surface area (Å²) < 4.78 is 27.6. The van der Waals surface area contributed by atoms with E-state index in [1.54, 1.807) is 12.1 Å². The van der Waals surface area contributed by atoms with Crippen LogP contribution in [0.4, 0.5) is 8.78 Å². The summed E-state index contributed by atoms with van der Waals surface area (Å²) in [5.41, 5.74) is 6.01. The molecule has 1 aliphatic heterocycles. The molecule has 180 valence electrons. The first kappa shape index (κ1) is 23.7. The van der Waals surface area contributed by atoms with Crippen molar-refractivity contribution in [2.75, 3.05) is 13.1 Å². The number of halogens is 2. The molecule has 1 unspecified atom stereocenters. The lowest BCUT2D eigenvalue weighted by atomic mass is 9.91. The van der Waals surface area contributed by atoms with Crippen LogP contribution in [0.3, 0.4) is 0 Å². The summed E-state index contributed by atoms with van der Waals surface area (Å²) in [6.45, 7) is 0.393. The molecular formula is C24H27F2N5O3. The van der Waals surface area contributed by atoms with Crippen LogP contribution in [0.15, 0.2) is 42.7 Å². The number of hydrogen-bond donors (Lipinski definition) is 2. The Labute approximate surface area is 196 Å². The topological polar surface area (TPSA) is 109 Å². The first-order valence-corrected chi connectivity index (χ1v) is 11.4. The molecule has 1 atom stereocenters. The maximum Gasteiger partial charge on any atom is 0.264 e. The molecule has 3 amide bonds. The molecule has 34 heavy (non-hydrogen) atoms. The van der Waals surface area contributed by atoms with Gasteiger partial charge in [0.15, 0.2) is 6.17 Å². The summed E-state index contributed by atoms with van der Waals surface area (Å²) in [6, 6.07) is 5.66. The number of benzene rings is 1. The van der Waals surface area contributed by atoms with E-state index in [1.807, 2.05) is 0 Å². The Kier molecular flexibility index (Phi) is 7.16. The van der Waals surface area contributed by atoms with Gasteiger partial charge >= 0.3 is 0 Å². The predicted octanol–water partition coefficient (Wildman–Crippen LogP) is 2.06. The quantitative estimate of drug-likeness (QED) is 0.710. The minimum absolute atomic E-state index is 0.0902. The molecule has 3 N–H and O–H groups in total. The first-order valence-electron chi connectivity index (χ1n) is 11.4. The van der Waals surface area contributed by atoms with Crippen molar-refractivity contribution in [2.24, 2.45) is 5.73 Å². The van der Waals surface area contributed by atoms with Crippen molar-refractivity contribution in [3.05, 3.63) is 65.5 Å². The molecule has 0 radical (unpaired) electrons. The zero-order valence-corrected chi connectivity index (χ0v) is 18.6. The number of carbonyl (C=O) groups excluding carboxylic acids is 3. The van der Waals surface area contributed by atoms with Gasteiger partial charge in [-0.3, -0.25) is 19.4 Å². The highest BCUT2D eigenvalue weighted by atomic mass is 19.1. The monoisotopic (exact) mass is 471 g/mol. The number of aromatic nitrogens is 1. The van der Waals surface area contributed by atoms with E-state index in [0.717, 1.165) is 25.0 Å². The number of pyridine rings is 1. The van der Waals surface area contributed by atoms with E-state index in [0.29, 0.717) is 25.3 Å². The van der Waals surface area contributed by atoms with Gasteiger partial charge in [-0.1, -0.05) is 0 Å². The molecule has 1 aromatic heterocycles. The Bertz CT molecular complexity index is 1040. The van der Waals surface area contributed by atoms with Crippen molar-refractivity contribution < 1.29 is 23.2 Å². The number of carbonyl (C=O) groups is 3. The van der Waals surface area contributed by atoms with Crippen LogP contribution in [0.25, 0.3) is 0 Å². The van der Waals surface area contributed by atoms with Gasteiger partial charge in [0.1, 0.15) is 11.6 Å². The van der Waals surface area contributed by atoms with Crippen LogP contribution >= 0.6 is 0 Å². The highest BCUT2D eigenvalue weighted by Crippen LogP contribution is 2.23. The van der Waals surface area contributed by atoms with Gasteiger partial charge in [-0.05, 0) is 56.4 Å². The van der Waals surface area contributed by atoms with E-state index in [2.05, 4.69) is 10.3 Å². The lowest BCUT2D eigenvalue weighted by Gasteiger charge is -2.43. The average molecular weight is 472 g/mol. The van der Waals surface area contributed by atoms with E-state index in [-0.39, 0.29) is 36.3 Å². The Morgan fingerprint density at radius 2 is 1.56 bits per heavy atom. The molecule has 0 spiro atoms. The molecule has 4 rings (SSSR count). The first-order chi connectivity index (χ1) is 16.3. The molecule has 10 heteroatoms. The number of rotatable bonds is 4. The number of nitrogens with two attached hydrogens (primary N) is 1. The minimum Gasteiger partial charge on any atom is -0.350 e. The molecule has 1 saturated heterocycles. The van der Waals surface area contributed by atoms with E-state index < -0.39 is 35.5 Å². The Hall–Kier alpha value is -3.40. The van der Waals surface area contributed by atoms with Crippen LogP contribution < -0.4 is 11.1 Å². The van der Waals surface area contributed by atoms with E-state index in [1.165, 1.54) is 22.2 Å². The highest BCUT2D eigenvalue weighted by Gasteiger charge is 2.41. The normalized spacial score (nSPS) is 22.9. The molecule has 2 heterocycles. The van der Waals surface area contributed by atoms with Gasteiger partial charge in [0.05, 0.1) is 5.56 Å². The van der Waals surface area contributed by atoms with Crippen LogP contribution in [0, 0.1) is 11.6 Å². The van der Waals surface area contributed by atoms with E-state index in [4.69, 9.17) is 5.73 Å². The second-order valence-corrected chi connectivity index (χ2v) is 8.74. The van der Waals surface area contributed by atoms with Gasteiger partial charge in [0.25, 0.3) is 17.7 Å². The standard InChI is InChI=1S/C24H27F2N5O3/c25-17-11-16(12-18(26)13-17)24(34)31-10-2-9-30(23(33)15-3-1-8-28-14-15)22(31)21(32)29-20-6-4-19(27)5-7-20/h1,3,8,11-14,19-20,22H,2,4-7,9-10,27H2,(H,29,32). The number of nitrogens with zero attached hydrogens (tertiary/aromatic N) is 3. The fourth-order valence-electron chi connectivity index (χ4n) is 4.57. The summed E-state index contributed by atoms with van der Waals surface area (Å²) in [5, 5.41) is 2.96. The van der Waals surface area contributed by atoms with Crippen LogP contribution in [0.2, 0.25) is 0 Å². The summed E-state index contributed by atoms with van der Waals surface area (Å²) >= 11 is 0. The van der Waals surface area contributed by atoms with Gasteiger partial charge < -0.3 is 20.9 Å². The zero-order valence-electron chi connectivity index (χ0n) is 18.6. The summed E-state index contributed by atoms with van der Waals surface area (Å²) in [6.07, 6.45) is 4.96. The largest absolute Gasteiger partial charge is 0.350 e. The van der Waals surface area contributed by atoms with Crippen molar-refractivity contribution >= 4 is 17.7 Å². The fraction of sp³-hybridized carbons (Fsp3) is 0.417. The number of nitrogens with one attached hydrogen (secondary N) is 1. The molecule has 1 aliphatic carbocycles. The van der Waals surface area contributed by atoms with Crippen LogP contribution in [0.1, 0.15) is 52.8 Å². The van der Waals surface area contributed by atoms with Gasteiger partial charge in [0.2, 0.25) is 0 Å². The summed E-state index contributed by atoms with van der Waals surface area (Å²) in [4.78, 5) is 46.6. The molecule has 2 aromatic rings. The fourth-order valence-corrected chi connectivity index (χ4v) is 4.57. The highest BCUT2D eigenvalue weighted by molar-refractivity contribution is 6.01. The molecule has 2 fully saturated rings. The third kappa shape index (κ3) is 5.22. The van der Waals surface area contributed by atoms with E-state index in [9.17, 15) is 23.2 Å². The molecule has 0 bridgehead atoms. The van der Waals surface area contributed by atoms with Gasteiger partial charge in [-0.25, -0.2) is 8.78 Å². The third-order valence-electron chi connectivity index (χ3n) is 6.28. The molecule has 2 aliphatic rings. The number of hydrogen-bond acceptors (Lipinski definition) is 5. The molecule has 1 aromatic carbocycles. The maximum absolute atomic E-state index is 13.8. The Balaban J connectivity index is 1.64. The van der Waals surface area contributed by atoms with Crippen LogP contribution in [-0.2, 0) is 4.79 Å². The lowest BCUT2D eigenvalue weighted by molar-refractivity contribution is -0.133. The zero-order chi connectivity index (χ0) is 24.2. The van der Waals surface area contributed by atoms with Crippen molar-refractivity contribution in [3.63, 3.8) is 0 Å². The molecule has 8 nitrogen and oxygen atoms in total. The minimum atomic E-state index is -1.27. The van der Waals surface area contributed by atoms with Crippen molar-refractivity contribution in [1.29, 1.82) is 0 Å². The van der Waals surface area contributed by atoms with E-state index >= 15 is 0 Å². The third-order valence-corrected chi connectivity index (χ3v) is 6.28. The average Bonchev–Trinajstić information content (AvgIpc) is 2.84. The molecule has 1 saturated carbocycles. The second kappa shape index (κ2) is 10.3. The second-order valence-electron chi connectivity index (χ2n) is 8.74. The smallest absolute Gasteiger partial charge is 0.264 e. The molecular weight excluding hydrogens is 444 g/mol. The lowest BCUT2D eigenvalue weighted by Crippen LogP contribution is -2.64. The Morgan fingerprint density at radius 3 is 2.15 bits per heavy atom. The summed E-state index contributed by atoms with van der Waals surface area (Å²) in [7, 11) is 0. The predicted molar refractivity (Wildman–Crippen MR) is 119 cm³/mol. The van der Waals surface area contributed by atoms with Crippen LogP contribution in [-0.4, -0.2) is 63.8 Å². The van der Waals surface area contributed by atoms with Crippen molar-refractivity contribution in [2.45, 2.75) is 50.4 Å². The van der Waals surface area contributed by atoms with Crippen LogP contribution in [0.5, 0.6) is 0 Å². The van der Waals surface area contributed by atoms with Crippen molar-refractivity contribution in [3.8, 4) is 0 Å². The Morgan fingerprint density at radius 1 is 0.941 bits per heavy atom. The number of amides is 3. The SMILES string of the molecule is NC1CCC(NC(=O)C2N(C(=O)c3cccnc3)CCCN2C(=O)c2cc(F)cc(F)c2)CC1. The van der Waals surface area contributed by atoms with Gasteiger partial charge in [-0.2, -0.15) is 0 Å². The summed E-state index contributed by atoms with van der Waals surface area (Å²) in [5.74, 6) is -3.50. The maximum atomic E-state index is 13.8. The van der Waals surface area contributed by atoms with Crippen molar-refractivity contribution in [1.82, 2.24) is 20.1 Å². The van der Waals surface area contributed by atoms with Gasteiger partial charge in [-0.15, -0.1) is 0 Å².